The number of nitro benzene ring substituents is 1. The van der Waals surface area contributed by atoms with Gasteiger partial charge < -0.3 is 10.1 Å². The van der Waals surface area contributed by atoms with E-state index in [9.17, 15) is 10.1 Å². The van der Waals surface area contributed by atoms with Gasteiger partial charge in [-0.15, -0.1) is 0 Å². The fourth-order valence-corrected chi connectivity index (χ4v) is 1.97. The fraction of sp³-hybridized carbons (Fsp3) is 0.500. The molecule has 5 nitrogen and oxygen atoms in total. The molecule has 1 saturated heterocycles. The molecule has 1 aliphatic rings. The van der Waals surface area contributed by atoms with Gasteiger partial charge in [0, 0.05) is 36.6 Å². The third-order valence-electron chi connectivity index (χ3n) is 3.00. The van der Waals surface area contributed by atoms with Crippen LogP contribution in [0.1, 0.15) is 18.4 Å². The summed E-state index contributed by atoms with van der Waals surface area (Å²) >= 11 is 0. The number of anilines is 1. The third-order valence-corrected chi connectivity index (χ3v) is 3.00. The lowest BCUT2D eigenvalue weighted by Gasteiger charge is -2.24. The van der Waals surface area contributed by atoms with E-state index in [-0.39, 0.29) is 10.6 Å². The molecule has 1 fully saturated rings. The van der Waals surface area contributed by atoms with Crippen molar-refractivity contribution >= 4 is 11.4 Å². The molecule has 0 radical (unpaired) electrons. The minimum atomic E-state index is -0.343. The number of nitrogens with one attached hydrogen (secondary N) is 1. The van der Waals surface area contributed by atoms with E-state index >= 15 is 0 Å². The Bertz CT molecular complexity index is 414. The summed E-state index contributed by atoms with van der Waals surface area (Å²) in [6.45, 7) is 3.26. The molecule has 0 atom stereocenters. The molecule has 0 aromatic heterocycles. The van der Waals surface area contributed by atoms with Crippen LogP contribution in [0.3, 0.4) is 0 Å². The van der Waals surface area contributed by atoms with Crippen molar-refractivity contribution in [2.75, 3.05) is 18.5 Å². The Kier molecular flexibility index (Phi) is 3.58. The van der Waals surface area contributed by atoms with Crippen LogP contribution >= 0.6 is 0 Å². The van der Waals surface area contributed by atoms with E-state index in [0.717, 1.165) is 31.7 Å². The van der Waals surface area contributed by atoms with Crippen LogP contribution in [0, 0.1) is 17.0 Å². The maximum atomic E-state index is 10.8. The van der Waals surface area contributed by atoms with Crippen molar-refractivity contribution in [1.29, 1.82) is 0 Å². The summed E-state index contributed by atoms with van der Waals surface area (Å²) in [5.41, 5.74) is 1.67. The van der Waals surface area contributed by atoms with Crippen molar-refractivity contribution in [1.82, 2.24) is 0 Å². The van der Waals surface area contributed by atoms with E-state index < -0.39 is 0 Å². The molecule has 17 heavy (non-hydrogen) atoms. The summed E-state index contributed by atoms with van der Waals surface area (Å²) in [5, 5.41) is 14.1. The van der Waals surface area contributed by atoms with Crippen LogP contribution in [-0.2, 0) is 4.74 Å². The normalized spacial score (nSPS) is 16.8. The van der Waals surface area contributed by atoms with Crippen LogP contribution in [0.25, 0.3) is 0 Å². The third kappa shape index (κ3) is 2.94. The molecule has 0 amide bonds. The highest BCUT2D eigenvalue weighted by atomic mass is 16.6. The zero-order chi connectivity index (χ0) is 12.3. The summed E-state index contributed by atoms with van der Waals surface area (Å²) in [7, 11) is 0. The molecule has 0 aliphatic carbocycles. The first-order chi connectivity index (χ1) is 8.16. The highest BCUT2D eigenvalue weighted by Crippen LogP contribution is 2.24. The molecule has 1 aromatic carbocycles. The van der Waals surface area contributed by atoms with Gasteiger partial charge in [-0.3, -0.25) is 10.1 Å². The standard InChI is InChI=1S/C12H16N2O3/c1-9-2-3-11(8-12(9)14(15)16)13-10-4-6-17-7-5-10/h2-3,8,10,13H,4-7H2,1H3. The maximum Gasteiger partial charge on any atom is 0.274 e. The van der Waals surface area contributed by atoms with Gasteiger partial charge in [-0.1, -0.05) is 6.07 Å². The second-order valence-corrected chi connectivity index (χ2v) is 4.29. The SMILES string of the molecule is Cc1ccc(NC2CCOCC2)cc1[N+](=O)[O-]. The highest BCUT2D eigenvalue weighted by molar-refractivity contribution is 5.55. The lowest BCUT2D eigenvalue weighted by molar-refractivity contribution is -0.385. The molecule has 1 aromatic rings. The van der Waals surface area contributed by atoms with E-state index in [2.05, 4.69) is 5.32 Å². The van der Waals surface area contributed by atoms with Gasteiger partial charge in [-0.2, -0.15) is 0 Å². The van der Waals surface area contributed by atoms with Crippen LogP contribution in [0.15, 0.2) is 18.2 Å². The minimum Gasteiger partial charge on any atom is -0.382 e. The largest absolute Gasteiger partial charge is 0.382 e. The monoisotopic (exact) mass is 236 g/mol. The molecule has 0 unspecified atom stereocenters. The zero-order valence-electron chi connectivity index (χ0n) is 9.81. The molecule has 2 rings (SSSR count). The van der Waals surface area contributed by atoms with Crippen molar-refractivity contribution in [3.63, 3.8) is 0 Å². The number of hydrogen-bond donors (Lipinski definition) is 1. The Morgan fingerprint density at radius 2 is 2.12 bits per heavy atom. The first-order valence-corrected chi connectivity index (χ1v) is 5.76. The Morgan fingerprint density at radius 1 is 1.41 bits per heavy atom. The van der Waals surface area contributed by atoms with Crippen molar-refractivity contribution < 1.29 is 9.66 Å². The summed E-state index contributed by atoms with van der Waals surface area (Å²) < 4.78 is 5.27. The smallest absolute Gasteiger partial charge is 0.274 e. The van der Waals surface area contributed by atoms with Gasteiger partial charge in [0.15, 0.2) is 0 Å². The van der Waals surface area contributed by atoms with E-state index in [1.54, 1.807) is 19.1 Å². The topological polar surface area (TPSA) is 64.4 Å². The molecular formula is C12H16N2O3. The van der Waals surface area contributed by atoms with Crippen LogP contribution in [-0.4, -0.2) is 24.2 Å². The van der Waals surface area contributed by atoms with Crippen molar-refractivity contribution in [3.05, 3.63) is 33.9 Å². The molecule has 1 heterocycles. The number of hydrogen-bond acceptors (Lipinski definition) is 4. The lowest BCUT2D eigenvalue weighted by atomic mass is 10.1. The molecule has 5 heteroatoms. The number of benzene rings is 1. The molecule has 1 aliphatic heterocycles. The lowest BCUT2D eigenvalue weighted by Crippen LogP contribution is -2.27. The van der Waals surface area contributed by atoms with Gasteiger partial charge in [-0.25, -0.2) is 0 Å². The van der Waals surface area contributed by atoms with Gasteiger partial charge in [0.05, 0.1) is 4.92 Å². The average Bonchev–Trinajstić information content (AvgIpc) is 2.32. The fourth-order valence-electron chi connectivity index (χ4n) is 1.97. The Morgan fingerprint density at radius 3 is 2.76 bits per heavy atom. The first kappa shape index (κ1) is 11.9. The van der Waals surface area contributed by atoms with Crippen LogP contribution in [0.5, 0.6) is 0 Å². The highest BCUT2D eigenvalue weighted by Gasteiger charge is 2.16. The summed E-state index contributed by atoms with van der Waals surface area (Å²) in [4.78, 5) is 10.5. The number of ether oxygens (including phenoxy) is 1. The number of rotatable bonds is 3. The van der Waals surface area contributed by atoms with E-state index in [1.807, 2.05) is 6.07 Å². The molecule has 1 N–H and O–H groups in total. The van der Waals surface area contributed by atoms with Crippen LogP contribution < -0.4 is 5.32 Å². The quantitative estimate of drug-likeness (QED) is 0.647. The average molecular weight is 236 g/mol. The molecule has 0 spiro atoms. The van der Waals surface area contributed by atoms with Crippen molar-refractivity contribution in [2.24, 2.45) is 0 Å². The van der Waals surface area contributed by atoms with Crippen LogP contribution in [0.2, 0.25) is 0 Å². The van der Waals surface area contributed by atoms with Gasteiger partial charge in [0.2, 0.25) is 0 Å². The second-order valence-electron chi connectivity index (χ2n) is 4.29. The number of nitrogens with zero attached hydrogens (tertiary/aromatic N) is 1. The number of aryl methyl sites for hydroxylation is 1. The van der Waals surface area contributed by atoms with Gasteiger partial charge >= 0.3 is 0 Å². The molecular weight excluding hydrogens is 220 g/mol. The molecule has 0 saturated carbocycles. The Hall–Kier alpha value is -1.62. The predicted octanol–water partition coefficient (Wildman–Crippen LogP) is 2.49. The molecule has 92 valence electrons. The van der Waals surface area contributed by atoms with Crippen molar-refractivity contribution in [3.8, 4) is 0 Å². The first-order valence-electron chi connectivity index (χ1n) is 5.76. The van der Waals surface area contributed by atoms with E-state index in [0.29, 0.717) is 11.6 Å². The molecule has 0 bridgehead atoms. The Balaban J connectivity index is 2.10. The number of nitro groups is 1. The zero-order valence-corrected chi connectivity index (χ0v) is 9.81. The van der Waals surface area contributed by atoms with E-state index in [4.69, 9.17) is 4.74 Å². The minimum absolute atomic E-state index is 0.169. The predicted molar refractivity (Wildman–Crippen MR) is 65.3 cm³/mol. The van der Waals surface area contributed by atoms with Crippen LogP contribution in [0.4, 0.5) is 11.4 Å². The van der Waals surface area contributed by atoms with E-state index in [1.165, 1.54) is 0 Å². The van der Waals surface area contributed by atoms with Gasteiger partial charge in [0.1, 0.15) is 0 Å². The van der Waals surface area contributed by atoms with Gasteiger partial charge in [-0.05, 0) is 25.8 Å². The van der Waals surface area contributed by atoms with Crippen molar-refractivity contribution in [2.45, 2.75) is 25.8 Å². The maximum absolute atomic E-state index is 10.8. The summed E-state index contributed by atoms with van der Waals surface area (Å²) in [5.74, 6) is 0. The summed E-state index contributed by atoms with van der Waals surface area (Å²) in [6.07, 6.45) is 1.89. The second kappa shape index (κ2) is 5.14. The summed E-state index contributed by atoms with van der Waals surface area (Å²) in [6, 6.07) is 5.62. The Labute approximate surface area is 99.9 Å². The van der Waals surface area contributed by atoms with Gasteiger partial charge in [0.25, 0.3) is 5.69 Å².